The van der Waals surface area contributed by atoms with Crippen molar-refractivity contribution < 1.29 is 9.13 Å². The molecule has 1 aromatic heterocycles. The number of benzene rings is 1. The van der Waals surface area contributed by atoms with E-state index in [-0.39, 0.29) is 17.5 Å². The molecule has 0 radical (unpaired) electrons. The van der Waals surface area contributed by atoms with E-state index in [4.69, 9.17) is 4.74 Å². The Labute approximate surface area is 145 Å². The summed E-state index contributed by atoms with van der Waals surface area (Å²) in [7, 11) is 2.04. The van der Waals surface area contributed by atoms with E-state index in [2.05, 4.69) is 15.1 Å². The van der Waals surface area contributed by atoms with Crippen LogP contribution in [0.3, 0.4) is 0 Å². The fourth-order valence-corrected chi connectivity index (χ4v) is 3.60. The number of aromatic amines is 1. The van der Waals surface area contributed by atoms with Gasteiger partial charge in [0.25, 0.3) is 5.56 Å². The van der Waals surface area contributed by atoms with E-state index in [0.717, 1.165) is 36.3 Å². The molecular weight excluding hydrogens is 323 g/mol. The highest BCUT2D eigenvalue weighted by molar-refractivity contribution is 5.55. The Morgan fingerprint density at radius 1 is 1.32 bits per heavy atom. The van der Waals surface area contributed by atoms with Gasteiger partial charge in [0.2, 0.25) is 0 Å². The minimum Gasteiger partial charge on any atom is -0.486 e. The Morgan fingerprint density at radius 2 is 2.08 bits per heavy atom. The number of rotatable bonds is 3. The Hall–Kier alpha value is -2.41. The Bertz CT molecular complexity index is 867. The number of likely N-dealkylation sites (tertiary alicyclic amines) is 1. The van der Waals surface area contributed by atoms with Gasteiger partial charge >= 0.3 is 0 Å². The Kier molecular flexibility index (Phi) is 3.95. The number of likely N-dealkylation sites (N-methyl/N-ethyl adjacent to an activating group) is 1. The van der Waals surface area contributed by atoms with E-state index in [1.54, 1.807) is 25.3 Å². The molecule has 0 aliphatic carbocycles. The highest BCUT2D eigenvalue weighted by Gasteiger charge is 2.26. The Morgan fingerprint density at radius 3 is 2.80 bits per heavy atom. The predicted octanol–water partition coefficient (Wildman–Crippen LogP) is 1.82. The van der Waals surface area contributed by atoms with E-state index in [1.807, 2.05) is 11.9 Å². The molecule has 132 valence electrons. The lowest BCUT2D eigenvalue weighted by Gasteiger charge is -2.18. The van der Waals surface area contributed by atoms with Crippen molar-refractivity contribution in [2.45, 2.75) is 32.5 Å². The summed E-state index contributed by atoms with van der Waals surface area (Å²) in [5.41, 5.74) is 3.15. The number of ether oxygens (including phenoxy) is 1. The molecule has 0 spiro atoms. The molecule has 1 N–H and O–H groups in total. The van der Waals surface area contributed by atoms with Gasteiger partial charge in [-0.15, -0.1) is 0 Å². The van der Waals surface area contributed by atoms with Gasteiger partial charge in [-0.1, -0.05) is 0 Å². The molecule has 1 aromatic carbocycles. The van der Waals surface area contributed by atoms with Gasteiger partial charge in [0, 0.05) is 31.7 Å². The molecule has 2 aliphatic rings. The van der Waals surface area contributed by atoms with Crippen LogP contribution >= 0.6 is 0 Å². The second kappa shape index (κ2) is 6.15. The number of nitrogens with one attached hydrogen (secondary N) is 1. The lowest BCUT2D eigenvalue weighted by atomic mass is 10.1. The summed E-state index contributed by atoms with van der Waals surface area (Å²) in [5.74, 6) is -0.00225. The number of fused-ring (bicyclic) bond motifs is 1. The van der Waals surface area contributed by atoms with Crippen LogP contribution in [0.4, 0.5) is 10.1 Å². The quantitative estimate of drug-likeness (QED) is 0.920. The number of hydrogen-bond donors (Lipinski definition) is 1. The molecule has 2 aromatic rings. The van der Waals surface area contributed by atoms with Crippen LogP contribution in [0.5, 0.6) is 5.75 Å². The third kappa shape index (κ3) is 3.00. The van der Waals surface area contributed by atoms with Gasteiger partial charge in [0.15, 0.2) is 11.6 Å². The summed E-state index contributed by atoms with van der Waals surface area (Å²) in [6, 6.07) is 3.36. The van der Waals surface area contributed by atoms with Crippen LogP contribution in [0.2, 0.25) is 0 Å². The van der Waals surface area contributed by atoms with Crippen LogP contribution in [0.1, 0.15) is 23.1 Å². The van der Waals surface area contributed by atoms with E-state index in [1.165, 1.54) is 0 Å². The number of hydrogen-bond acceptors (Lipinski definition) is 5. The average molecular weight is 344 g/mol. The first-order valence-corrected chi connectivity index (χ1v) is 8.47. The Balaban J connectivity index is 1.57. The maximum absolute atomic E-state index is 14.4. The molecule has 1 atom stereocenters. The summed E-state index contributed by atoms with van der Waals surface area (Å²) in [5, 5.41) is 6.31. The summed E-state index contributed by atoms with van der Waals surface area (Å²) in [6.45, 7) is 4.73. The number of halogens is 1. The molecule has 0 bridgehead atoms. The molecule has 25 heavy (non-hydrogen) atoms. The zero-order valence-corrected chi connectivity index (χ0v) is 14.4. The molecule has 1 saturated heterocycles. The molecule has 4 rings (SSSR count). The van der Waals surface area contributed by atoms with Crippen LogP contribution in [0, 0.1) is 12.7 Å². The van der Waals surface area contributed by atoms with Crippen LogP contribution in [-0.4, -0.2) is 41.3 Å². The molecule has 1 unspecified atom stereocenters. The van der Waals surface area contributed by atoms with Crippen molar-refractivity contribution in [1.29, 1.82) is 0 Å². The van der Waals surface area contributed by atoms with Gasteiger partial charge in [-0.3, -0.25) is 4.79 Å². The van der Waals surface area contributed by atoms with Gasteiger partial charge in [-0.25, -0.2) is 9.49 Å². The first-order valence-electron chi connectivity index (χ1n) is 8.47. The third-order valence-corrected chi connectivity index (χ3v) is 5.04. The van der Waals surface area contributed by atoms with E-state index < -0.39 is 0 Å². The van der Waals surface area contributed by atoms with Gasteiger partial charge in [-0.05, 0) is 43.7 Å². The number of aromatic nitrogens is 2. The van der Waals surface area contributed by atoms with Crippen molar-refractivity contribution in [2.75, 3.05) is 25.0 Å². The lowest BCUT2D eigenvalue weighted by molar-refractivity contribution is 0.199. The van der Waals surface area contributed by atoms with Gasteiger partial charge in [0.05, 0.1) is 11.9 Å². The second-order valence-electron chi connectivity index (χ2n) is 6.91. The van der Waals surface area contributed by atoms with Crippen LogP contribution in [0.15, 0.2) is 23.1 Å². The number of H-pyrrole nitrogens is 1. The molecule has 1 fully saturated rings. The molecule has 7 heteroatoms. The van der Waals surface area contributed by atoms with Gasteiger partial charge < -0.3 is 14.5 Å². The zero-order chi connectivity index (χ0) is 17.6. The summed E-state index contributed by atoms with van der Waals surface area (Å²) in [6.07, 6.45) is 2.59. The smallest absolute Gasteiger partial charge is 0.269 e. The summed E-state index contributed by atoms with van der Waals surface area (Å²) in [4.78, 5) is 16.0. The zero-order valence-electron chi connectivity index (χ0n) is 14.4. The summed E-state index contributed by atoms with van der Waals surface area (Å²) >= 11 is 0. The topological polar surface area (TPSA) is 61.5 Å². The highest BCUT2D eigenvalue weighted by atomic mass is 19.1. The fourth-order valence-electron chi connectivity index (χ4n) is 3.60. The average Bonchev–Trinajstić information content (AvgIpc) is 3.16. The molecule has 6 nitrogen and oxygen atoms in total. The fraction of sp³-hybridized carbons (Fsp3) is 0.444. The van der Waals surface area contributed by atoms with E-state index in [0.29, 0.717) is 24.4 Å². The maximum Gasteiger partial charge on any atom is 0.269 e. The normalized spacial score (nSPS) is 20.1. The van der Waals surface area contributed by atoms with E-state index in [9.17, 15) is 9.18 Å². The minimum atomic E-state index is -0.323. The molecule has 3 heterocycles. The monoisotopic (exact) mass is 344 g/mol. The van der Waals surface area contributed by atoms with Crippen LogP contribution in [0.25, 0.3) is 0 Å². The molecule has 0 amide bonds. The first-order chi connectivity index (χ1) is 12.0. The SMILES string of the molecule is Cc1c(N2Cc3cc(F)c(OC4CCN(C)C4)cc3C2)cn[nH]c1=O. The van der Waals surface area contributed by atoms with Crippen molar-refractivity contribution in [3.8, 4) is 5.75 Å². The van der Waals surface area contributed by atoms with Crippen molar-refractivity contribution in [2.24, 2.45) is 0 Å². The molecule has 0 saturated carbocycles. The predicted molar refractivity (Wildman–Crippen MR) is 92.4 cm³/mol. The largest absolute Gasteiger partial charge is 0.486 e. The van der Waals surface area contributed by atoms with Crippen molar-refractivity contribution in [1.82, 2.24) is 15.1 Å². The van der Waals surface area contributed by atoms with E-state index >= 15 is 0 Å². The van der Waals surface area contributed by atoms with Crippen molar-refractivity contribution in [3.05, 3.63) is 51.2 Å². The second-order valence-corrected chi connectivity index (χ2v) is 6.91. The molecular formula is C18H21FN4O2. The van der Waals surface area contributed by atoms with Gasteiger partial charge in [-0.2, -0.15) is 5.10 Å². The standard InChI is InChI=1S/C18H21FN4O2/c1-11-16(7-20-21-18(11)24)23-8-12-5-15(19)17(6-13(12)9-23)25-14-3-4-22(2)10-14/h5-7,14H,3-4,8-10H2,1-2H3,(H,21,24). The van der Waals surface area contributed by atoms with Crippen LogP contribution < -0.4 is 15.2 Å². The summed E-state index contributed by atoms with van der Waals surface area (Å²) < 4.78 is 20.3. The van der Waals surface area contributed by atoms with Gasteiger partial charge in [0.1, 0.15) is 6.10 Å². The maximum atomic E-state index is 14.4. The molecule has 2 aliphatic heterocycles. The minimum absolute atomic E-state index is 0.0363. The number of nitrogens with zero attached hydrogens (tertiary/aromatic N) is 3. The highest BCUT2D eigenvalue weighted by Crippen LogP contribution is 2.33. The van der Waals surface area contributed by atoms with Crippen molar-refractivity contribution >= 4 is 5.69 Å². The van der Waals surface area contributed by atoms with Crippen molar-refractivity contribution in [3.63, 3.8) is 0 Å². The third-order valence-electron chi connectivity index (χ3n) is 5.04. The number of anilines is 1. The lowest BCUT2D eigenvalue weighted by Crippen LogP contribution is -2.22. The first kappa shape index (κ1) is 16.1. The van der Waals surface area contributed by atoms with Crippen LogP contribution in [-0.2, 0) is 13.1 Å².